The van der Waals surface area contributed by atoms with Crippen LogP contribution in [0.4, 0.5) is 4.39 Å². The van der Waals surface area contributed by atoms with Gasteiger partial charge in [0.15, 0.2) is 5.16 Å². The first-order chi connectivity index (χ1) is 16.1. The summed E-state index contributed by atoms with van der Waals surface area (Å²) in [5.41, 5.74) is 2.31. The van der Waals surface area contributed by atoms with Crippen molar-refractivity contribution in [3.63, 3.8) is 0 Å². The fourth-order valence-electron chi connectivity index (χ4n) is 3.62. The summed E-state index contributed by atoms with van der Waals surface area (Å²) in [5, 5.41) is 11.6. The molecule has 0 radical (unpaired) electrons. The Morgan fingerprint density at radius 3 is 2.82 bits per heavy atom. The predicted octanol–water partition coefficient (Wildman–Crippen LogP) is 5.64. The highest BCUT2D eigenvalue weighted by atomic mass is 35.5. The van der Waals surface area contributed by atoms with Gasteiger partial charge in [-0.15, -0.1) is 21.5 Å². The van der Waals surface area contributed by atoms with Gasteiger partial charge in [-0.25, -0.2) is 4.39 Å². The van der Waals surface area contributed by atoms with Crippen molar-refractivity contribution in [1.29, 1.82) is 0 Å². The molecule has 0 saturated heterocycles. The maximum atomic E-state index is 13.4. The van der Waals surface area contributed by atoms with E-state index in [1.54, 1.807) is 10.6 Å². The number of benzene rings is 2. The van der Waals surface area contributed by atoms with E-state index < -0.39 is 0 Å². The van der Waals surface area contributed by atoms with Crippen LogP contribution in [-0.2, 0) is 12.3 Å². The largest absolute Gasteiger partial charge is 0.494 e. The average Bonchev–Trinajstić information content (AvgIpc) is 3.44. The first-order valence-electron chi connectivity index (χ1n) is 10.2. The summed E-state index contributed by atoms with van der Waals surface area (Å²) in [4.78, 5) is 13.3. The molecule has 0 fully saturated rings. The van der Waals surface area contributed by atoms with Gasteiger partial charge in [-0.3, -0.25) is 13.8 Å². The Morgan fingerprint density at radius 2 is 2.00 bits per heavy atom. The van der Waals surface area contributed by atoms with Crippen molar-refractivity contribution in [1.82, 2.24) is 19.2 Å². The third-order valence-electron chi connectivity index (χ3n) is 5.16. The number of aromatic nitrogens is 4. The smallest absolute Gasteiger partial charge is 0.273 e. The minimum atomic E-state index is -0.377. The standard InChI is InChI=1S/C23H18ClFN4O2S2/c1-2-31-19-6-4-3-5-14(19)12-28-21(30)20-18(9-10-32-20)29-22(28)26-27-23(29)33-13-15-7-8-16(25)11-17(15)24/h3-11H,2,12-13H2,1H3. The molecule has 5 aromatic rings. The highest BCUT2D eigenvalue weighted by Gasteiger charge is 2.19. The quantitative estimate of drug-likeness (QED) is 0.271. The number of thiophene rings is 1. The summed E-state index contributed by atoms with van der Waals surface area (Å²) < 4.78 is 23.3. The molecule has 0 bridgehead atoms. The van der Waals surface area contributed by atoms with Crippen LogP contribution in [0.5, 0.6) is 5.75 Å². The lowest BCUT2D eigenvalue weighted by molar-refractivity contribution is 0.336. The van der Waals surface area contributed by atoms with Crippen LogP contribution >= 0.6 is 34.7 Å². The molecule has 0 amide bonds. The fraction of sp³-hybridized carbons (Fsp3) is 0.174. The first-order valence-corrected chi connectivity index (χ1v) is 12.4. The number of rotatable bonds is 7. The number of hydrogen-bond donors (Lipinski definition) is 0. The summed E-state index contributed by atoms with van der Waals surface area (Å²) in [7, 11) is 0. The van der Waals surface area contributed by atoms with E-state index in [0.717, 1.165) is 22.4 Å². The molecule has 0 aliphatic rings. The fourth-order valence-corrected chi connectivity index (χ4v) is 5.70. The van der Waals surface area contributed by atoms with Gasteiger partial charge in [-0.2, -0.15) is 0 Å². The number of para-hydroxylation sites is 1. The molecule has 2 aromatic carbocycles. The van der Waals surface area contributed by atoms with Crippen molar-refractivity contribution in [2.24, 2.45) is 0 Å². The third-order valence-corrected chi connectivity index (χ3v) is 7.38. The van der Waals surface area contributed by atoms with Crippen molar-refractivity contribution in [3.05, 3.63) is 86.2 Å². The Bertz CT molecular complexity index is 1530. The molecule has 0 atom stereocenters. The number of halogens is 2. The molecule has 0 N–H and O–H groups in total. The Hall–Kier alpha value is -2.88. The Balaban J connectivity index is 1.59. The third kappa shape index (κ3) is 4.12. The molecular formula is C23H18ClFN4O2S2. The normalized spacial score (nSPS) is 11.5. The van der Waals surface area contributed by atoms with Gasteiger partial charge in [-0.05, 0) is 42.1 Å². The first kappa shape index (κ1) is 21.9. The van der Waals surface area contributed by atoms with Crippen LogP contribution in [0, 0.1) is 5.82 Å². The minimum absolute atomic E-state index is 0.121. The molecule has 0 spiro atoms. The number of fused-ring (bicyclic) bond motifs is 3. The van der Waals surface area contributed by atoms with E-state index in [9.17, 15) is 9.18 Å². The van der Waals surface area contributed by atoms with Gasteiger partial charge in [0, 0.05) is 16.3 Å². The second kappa shape index (κ2) is 9.17. The highest BCUT2D eigenvalue weighted by Crippen LogP contribution is 2.29. The molecule has 6 nitrogen and oxygen atoms in total. The summed E-state index contributed by atoms with van der Waals surface area (Å²) in [6, 6.07) is 13.9. The molecule has 3 heterocycles. The molecule has 0 aliphatic carbocycles. The summed E-state index contributed by atoms with van der Waals surface area (Å²) >= 11 is 9.00. The molecule has 33 heavy (non-hydrogen) atoms. The second-order valence-electron chi connectivity index (χ2n) is 7.21. The predicted molar refractivity (Wildman–Crippen MR) is 130 cm³/mol. The van der Waals surface area contributed by atoms with Crippen molar-refractivity contribution < 1.29 is 9.13 Å². The van der Waals surface area contributed by atoms with Crippen LogP contribution < -0.4 is 10.3 Å². The number of ether oxygens (including phenoxy) is 1. The van der Waals surface area contributed by atoms with Gasteiger partial charge in [0.2, 0.25) is 5.78 Å². The van der Waals surface area contributed by atoms with Crippen molar-refractivity contribution >= 4 is 50.7 Å². The maximum absolute atomic E-state index is 13.4. The second-order valence-corrected chi connectivity index (χ2v) is 9.48. The van der Waals surface area contributed by atoms with E-state index >= 15 is 0 Å². The Morgan fingerprint density at radius 1 is 1.15 bits per heavy atom. The van der Waals surface area contributed by atoms with Gasteiger partial charge < -0.3 is 4.74 Å². The van der Waals surface area contributed by atoms with Gasteiger partial charge in [0.25, 0.3) is 5.56 Å². The van der Waals surface area contributed by atoms with E-state index in [-0.39, 0.29) is 11.4 Å². The summed E-state index contributed by atoms with van der Waals surface area (Å²) in [5.74, 6) is 1.29. The minimum Gasteiger partial charge on any atom is -0.494 e. The summed E-state index contributed by atoms with van der Waals surface area (Å²) in [6.07, 6.45) is 0. The van der Waals surface area contributed by atoms with Crippen LogP contribution in [0.15, 0.2) is 63.9 Å². The molecule has 3 aromatic heterocycles. The van der Waals surface area contributed by atoms with Crippen LogP contribution in [0.2, 0.25) is 5.02 Å². The van der Waals surface area contributed by atoms with E-state index in [1.807, 2.05) is 47.0 Å². The van der Waals surface area contributed by atoms with E-state index in [1.165, 1.54) is 35.2 Å². The van der Waals surface area contributed by atoms with Crippen LogP contribution in [0.25, 0.3) is 16.0 Å². The molecular weight excluding hydrogens is 483 g/mol. The number of nitrogens with zero attached hydrogens (tertiary/aromatic N) is 4. The highest BCUT2D eigenvalue weighted by molar-refractivity contribution is 7.98. The van der Waals surface area contributed by atoms with Gasteiger partial charge in [0.1, 0.15) is 16.3 Å². The zero-order valence-corrected chi connectivity index (χ0v) is 19.9. The SMILES string of the molecule is CCOc1ccccc1Cn1c(=O)c2sccc2n2c(SCc3ccc(F)cc3Cl)nnc12. The zero-order chi connectivity index (χ0) is 22.9. The number of hydrogen-bond acceptors (Lipinski definition) is 6. The number of thioether (sulfide) groups is 1. The van der Waals surface area contributed by atoms with E-state index in [4.69, 9.17) is 16.3 Å². The van der Waals surface area contributed by atoms with E-state index in [2.05, 4.69) is 10.2 Å². The topological polar surface area (TPSA) is 61.4 Å². The van der Waals surface area contributed by atoms with Crippen molar-refractivity contribution in [2.75, 3.05) is 6.61 Å². The van der Waals surface area contributed by atoms with Crippen LogP contribution in [0.3, 0.4) is 0 Å². The molecule has 10 heteroatoms. The lowest BCUT2D eigenvalue weighted by Crippen LogP contribution is -2.23. The zero-order valence-electron chi connectivity index (χ0n) is 17.5. The van der Waals surface area contributed by atoms with E-state index in [0.29, 0.717) is 39.6 Å². The van der Waals surface area contributed by atoms with Gasteiger partial charge in [0.05, 0.1) is 18.7 Å². The van der Waals surface area contributed by atoms with Crippen LogP contribution in [-0.4, -0.2) is 25.8 Å². The Labute approximate surface area is 201 Å². The van der Waals surface area contributed by atoms with Gasteiger partial charge in [-0.1, -0.05) is 47.6 Å². The lowest BCUT2D eigenvalue weighted by atomic mass is 10.2. The van der Waals surface area contributed by atoms with Gasteiger partial charge >= 0.3 is 0 Å². The molecule has 5 rings (SSSR count). The molecule has 0 saturated carbocycles. The average molecular weight is 501 g/mol. The molecule has 0 unspecified atom stereocenters. The monoisotopic (exact) mass is 500 g/mol. The van der Waals surface area contributed by atoms with Crippen LogP contribution in [0.1, 0.15) is 18.1 Å². The lowest BCUT2D eigenvalue weighted by Gasteiger charge is -2.13. The molecule has 168 valence electrons. The summed E-state index contributed by atoms with van der Waals surface area (Å²) in [6.45, 7) is 2.76. The van der Waals surface area contributed by atoms with Crippen molar-refractivity contribution in [3.8, 4) is 5.75 Å². The van der Waals surface area contributed by atoms with Crippen molar-refractivity contribution in [2.45, 2.75) is 24.4 Å². The maximum Gasteiger partial charge on any atom is 0.273 e. The molecule has 0 aliphatic heterocycles. The Kier molecular flexibility index (Phi) is 6.09.